The molecule has 0 fully saturated rings. The molecular formula is C21H20N2O2. The third-order valence-corrected chi connectivity index (χ3v) is 3.82. The molecule has 1 aromatic heterocycles. The molecule has 2 aromatic carbocycles. The highest BCUT2D eigenvalue weighted by molar-refractivity contribution is 6.05. The van der Waals surface area contributed by atoms with E-state index in [-0.39, 0.29) is 5.78 Å². The lowest BCUT2D eigenvalue weighted by Crippen LogP contribution is -2.04. The molecule has 4 heteroatoms. The molecule has 0 aliphatic rings. The Morgan fingerprint density at radius 1 is 1.12 bits per heavy atom. The topological polar surface area (TPSA) is 44.1 Å². The van der Waals surface area contributed by atoms with Crippen molar-refractivity contribution in [3.63, 3.8) is 0 Å². The molecule has 0 saturated heterocycles. The lowest BCUT2D eigenvalue weighted by Gasteiger charge is -2.09. The van der Waals surface area contributed by atoms with Crippen molar-refractivity contribution < 1.29 is 9.53 Å². The van der Waals surface area contributed by atoms with Crippen LogP contribution in [0.3, 0.4) is 0 Å². The predicted molar refractivity (Wildman–Crippen MR) is 98.5 cm³/mol. The Morgan fingerprint density at radius 2 is 1.84 bits per heavy atom. The number of ketones is 1. The Balaban J connectivity index is 1.74. The average Bonchev–Trinajstić information content (AvgIpc) is 2.98. The quantitative estimate of drug-likeness (QED) is 0.502. The summed E-state index contributed by atoms with van der Waals surface area (Å²) in [6, 6.07) is 19.4. The van der Waals surface area contributed by atoms with Gasteiger partial charge in [-0.3, -0.25) is 9.48 Å². The molecule has 0 bridgehead atoms. The number of aryl methyl sites for hydroxylation is 2. The van der Waals surface area contributed by atoms with Crippen molar-refractivity contribution in [2.24, 2.45) is 7.05 Å². The molecule has 0 radical (unpaired) electrons. The van der Waals surface area contributed by atoms with Gasteiger partial charge < -0.3 is 4.74 Å². The van der Waals surface area contributed by atoms with E-state index in [2.05, 4.69) is 5.10 Å². The summed E-state index contributed by atoms with van der Waals surface area (Å²) in [7, 11) is 1.77. The van der Waals surface area contributed by atoms with Crippen molar-refractivity contribution >= 4 is 11.9 Å². The SMILES string of the molecule is Cc1cc(C(=O)/C=C/c2ccccc2OCc2ccccc2)n(C)n1. The van der Waals surface area contributed by atoms with Crippen LogP contribution in [0.25, 0.3) is 6.08 Å². The van der Waals surface area contributed by atoms with Gasteiger partial charge in [0.25, 0.3) is 0 Å². The van der Waals surface area contributed by atoms with Gasteiger partial charge in [-0.2, -0.15) is 5.10 Å². The van der Waals surface area contributed by atoms with Crippen LogP contribution in [-0.4, -0.2) is 15.6 Å². The lowest BCUT2D eigenvalue weighted by atomic mass is 10.1. The zero-order valence-electron chi connectivity index (χ0n) is 14.3. The van der Waals surface area contributed by atoms with Crippen LogP contribution in [0.4, 0.5) is 0 Å². The van der Waals surface area contributed by atoms with Gasteiger partial charge in [-0.15, -0.1) is 0 Å². The van der Waals surface area contributed by atoms with E-state index in [9.17, 15) is 4.79 Å². The molecule has 126 valence electrons. The van der Waals surface area contributed by atoms with Gasteiger partial charge in [0.1, 0.15) is 18.1 Å². The van der Waals surface area contributed by atoms with Gasteiger partial charge in [0, 0.05) is 12.6 Å². The summed E-state index contributed by atoms with van der Waals surface area (Å²) in [5.41, 5.74) is 3.36. The highest BCUT2D eigenvalue weighted by atomic mass is 16.5. The van der Waals surface area contributed by atoms with Crippen molar-refractivity contribution in [2.75, 3.05) is 0 Å². The highest BCUT2D eigenvalue weighted by Gasteiger charge is 2.09. The minimum atomic E-state index is -0.0824. The van der Waals surface area contributed by atoms with Crippen LogP contribution in [-0.2, 0) is 13.7 Å². The highest BCUT2D eigenvalue weighted by Crippen LogP contribution is 2.21. The van der Waals surface area contributed by atoms with Crippen molar-refractivity contribution in [1.82, 2.24) is 9.78 Å². The summed E-state index contributed by atoms with van der Waals surface area (Å²) >= 11 is 0. The van der Waals surface area contributed by atoms with E-state index < -0.39 is 0 Å². The minimum Gasteiger partial charge on any atom is -0.488 e. The summed E-state index contributed by atoms with van der Waals surface area (Å²) in [6.45, 7) is 2.35. The van der Waals surface area contributed by atoms with Gasteiger partial charge >= 0.3 is 0 Å². The van der Waals surface area contributed by atoms with E-state index in [4.69, 9.17) is 4.74 Å². The Bertz CT molecular complexity index is 895. The second-order valence-corrected chi connectivity index (χ2v) is 5.80. The van der Waals surface area contributed by atoms with Gasteiger partial charge in [-0.1, -0.05) is 48.5 Å². The molecule has 0 saturated carbocycles. The Labute approximate surface area is 147 Å². The standard InChI is InChI=1S/C21H20N2O2/c1-16-14-19(23(2)22-16)20(24)13-12-18-10-6-7-11-21(18)25-15-17-8-4-3-5-9-17/h3-14H,15H2,1-2H3/b13-12+. The fraction of sp³-hybridized carbons (Fsp3) is 0.143. The van der Waals surface area contributed by atoms with Gasteiger partial charge in [-0.25, -0.2) is 0 Å². The van der Waals surface area contributed by atoms with Crippen LogP contribution in [0.5, 0.6) is 5.75 Å². The van der Waals surface area contributed by atoms with Gasteiger partial charge in [0.15, 0.2) is 0 Å². The van der Waals surface area contributed by atoms with Crippen LogP contribution in [0.15, 0.2) is 66.7 Å². The number of para-hydroxylation sites is 1. The molecule has 1 heterocycles. The van der Waals surface area contributed by atoms with Crippen molar-refractivity contribution in [2.45, 2.75) is 13.5 Å². The summed E-state index contributed by atoms with van der Waals surface area (Å²) in [5.74, 6) is 0.664. The number of ether oxygens (including phenoxy) is 1. The number of rotatable bonds is 6. The van der Waals surface area contributed by atoms with Crippen LogP contribution in [0.1, 0.15) is 27.3 Å². The molecule has 25 heavy (non-hydrogen) atoms. The normalized spacial score (nSPS) is 11.0. The summed E-state index contributed by atoms with van der Waals surface area (Å²) in [4.78, 5) is 12.4. The number of allylic oxidation sites excluding steroid dienone is 1. The maximum absolute atomic E-state index is 12.4. The molecule has 4 nitrogen and oxygen atoms in total. The smallest absolute Gasteiger partial charge is 0.203 e. The van der Waals surface area contributed by atoms with E-state index in [1.54, 1.807) is 29.9 Å². The molecule has 0 aliphatic heterocycles. The predicted octanol–water partition coefficient (Wildman–Crippen LogP) is 4.20. The minimum absolute atomic E-state index is 0.0824. The number of nitrogens with zero attached hydrogens (tertiary/aromatic N) is 2. The van der Waals surface area contributed by atoms with E-state index in [0.29, 0.717) is 12.3 Å². The van der Waals surface area contributed by atoms with E-state index >= 15 is 0 Å². The van der Waals surface area contributed by atoms with Crippen LogP contribution in [0.2, 0.25) is 0 Å². The second-order valence-electron chi connectivity index (χ2n) is 5.80. The third kappa shape index (κ3) is 4.23. The Morgan fingerprint density at radius 3 is 2.56 bits per heavy atom. The maximum Gasteiger partial charge on any atom is 0.203 e. The molecule has 0 atom stereocenters. The van der Waals surface area contributed by atoms with Crippen molar-refractivity contribution in [3.05, 3.63) is 89.3 Å². The van der Waals surface area contributed by atoms with Crippen molar-refractivity contribution in [3.8, 4) is 5.75 Å². The molecular weight excluding hydrogens is 312 g/mol. The van der Waals surface area contributed by atoms with Gasteiger partial charge in [0.2, 0.25) is 5.78 Å². The first-order valence-corrected chi connectivity index (χ1v) is 8.12. The molecule has 0 N–H and O–H groups in total. The van der Waals surface area contributed by atoms with Crippen LogP contribution >= 0.6 is 0 Å². The van der Waals surface area contributed by atoms with E-state index in [0.717, 1.165) is 22.6 Å². The molecule has 3 rings (SSSR count). The molecule has 3 aromatic rings. The first-order chi connectivity index (χ1) is 12.1. The number of hydrogen-bond donors (Lipinski definition) is 0. The number of hydrogen-bond acceptors (Lipinski definition) is 3. The molecule has 0 aliphatic carbocycles. The Kier molecular flexibility index (Phi) is 5.09. The van der Waals surface area contributed by atoms with Crippen molar-refractivity contribution in [1.29, 1.82) is 0 Å². The number of carbonyl (C=O) groups excluding carboxylic acids is 1. The van der Waals surface area contributed by atoms with Gasteiger partial charge in [0.05, 0.1) is 5.69 Å². The zero-order chi connectivity index (χ0) is 17.6. The summed E-state index contributed by atoms with van der Waals surface area (Å²) in [6.07, 6.45) is 3.34. The van der Waals surface area contributed by atoms with E-state index in [1.807, 2.05) is 61.5 Å². The fourth-order valence-electron chi connectivity index (χ4n) is 2.58. The second kappa shape index (κ2) is 7.62. The first kappa shape index (κ1) is 16.7. The largest absolute Gasteiger partial charge is 0.488 e. The maximum atomic E-state index is 12.4. The summed E-state index contributed by atoms with van der Waals surface area (Å²) in [5, 5.41) is 4.20. The average molecular weight is 332 g/mol. The molecule has 0 amide bonds. The first-order valence-electron chi connectivity index (χ1n) is 8.12. The number of carbonyl (C=O) groups is 1. The third-order valence-electron chi connectivity index (χ3n) is 3.82. The number of aromatic nitrogens is 2. The van der Waals surface area contributed by atoms with E-state index in [1.165, 1.54) is 0 Å². The molecule has 0 spiro atoms. The monoisotopic (exact) mass is 332 g/mol. The number of benzene rings is 2. The fourth-order valence-corrected chi connectivity index (χ4v) is 2.58. The lowest BCUT2D eigenvalue weighted by molar-refractivity contribution is 0.103. The zero-order valence-corrected chi connectivity index (χ0v) is 14.3. The van der Waals surface area contributed by atoms with Crippen LogP contribution < -0.4 is 4.74 Å². The van der Waals surface area contributed by atoms with Gasteiger partial charge in [-0.05, 0) is 36.8 Å². The molecule has 0 unspecified atom stereocenters. The van der Waals surface area contributed by atoms with Crippen LogP contribution in [0, 0.1) is 6.92 Å². The Hall–Kier alpha value is -3.14. The summed E-state index contributed by atoms with van der Waals surface area (Å²) < 4.78 is 7.51.